The summed E-state index contributed by atoms with van der Waals surface area (Å²) in [5, 5.41) is 14.3. The Hall–Kier alpha value is -4.25. The summed E-state index contributed by atoms with van der Waals surface area (Å²) in [5.74, 6) is -0.979. The maximum absolute atomic E-state index is 14.0. The van der Waals surface area contributed by atoms with Gasteiger partial charge in [-0.25, -0.2) is 8.42 Å². The Bertz CT molecular complexity index is 1460. The van der Waals surface area contributed by atoms with Crippen molar-refractivity contribution in [2.45, 2.75) is 57.6 Å². The van der Waals surface area contributed by atoms with Crippen LogP contribution in [-0.4, -0.2) is 48.7 Å². The van der Waals surface area contributed by atoms with Crippen molar-refractivity contribution in [1.82, 2.24) is 10.2 Å². The van der Waals surface area contributed by atoms with Gasteiger partial charge in [-0.3, -0.25) is 24.0 Å². The number of non-ortho nitro benzene ring substituents is 1. The van der Waals surface area contributed by atoms with Crippen LogP contribution in [0.4, 0.5) is 11.4 Å². The van der Waals surface area contributed by atoms with Gasteiger partial charge in [-0.05, 0) is 56.5 Å². The summed E-state index contributed by atoms with van der Waals surface area (Å²) >= 11 is 0. The van der Waals surface area contributed by atoms with Crippen LogP contribution in [0.3, 0.4) is 0 Å². The van der Waals surface area contributed by atoms with Gasteiger partial charge in [-0.2, -0.15) is 0 Å². The number of nitro benzene ring substituents is 1. The van der Waals surface area contributed by atoms with Crippen LogP contribution in [0.5, 0.6) is 0 Å². The summed E-state index contributed by atoms with van der Waals surface area (Å²) in [7, 11) is -4.32. The second-order valence-corrected chi connectivity index (χ2v) is 11.5. The number of aryl methyl sites for hydroxylation is 1. The van der Waals surface area contributed by atoms with Crippen LogP contribution in [0.1, 0.15) is 38.3 Å². The summed E-state index contributed by atoms with van der Waals surface area (Å²) in [5.41, 5.74) is 1.35. The number of hydrogen-bond donors (Lipinski definition) is 1. The molecule has 0 saturated heterocycles. The molecule has 0 bridgehead atoms. The lowest BCUT2D eigenvalue weighted by Gasteiger charge is -2.33. The average Bonchev–Trinajstić information content (AvgIpc) is 2.92. The maximum Gasteiger partial charge on any atom is 0.271 e. The number of benzene rings is 3. The smallest absolute Gasteiger partial charge is 0.271 e. The fourth-order valence-electron chi connectivity index (χ4n) is 4.28. The van der Waals surface area contributed by atoms with E-state index < -0.39 is 33.4 Å². The largest absolute Gasteiger partial charge is 0.352 e. The first-order valence-corrected chi connectivity index (χ1v) is 14.4. The molecule has 0 radical (unpaired) electrons. The van der Waals surface area contributed by atoms with Crippen molar-refractivity contribution in [3.63, 3.8) is 0 Å². The van der Waals surface area contributed by atoms with Crippen molar-refractivity contribution in [2.24, 2.45) is 0 Å². The van der Waals surface area contributed by atoms with Crippen LogP contribution in [0.15, 0.2) is 83.8 Å². The molecule has 0 spiro atoms. The third-order valence-electron chi connectivity index (χ3n) is 6.36. The minimum absolute atomic E-state index is 0.0399. The fourth-order valence-corrected chi connectivity index (χ4v) is 5.71. The molecule has 0 aliphatic carbocycles. The number of carbonyl (C=O) groups is 2. The summed E-state index contributed by atoms with van der Waals surface area (Å²) < 4.78 is 28.5. The van der Waals surface area contributed by atoms with Gasteiger partial charge in [0.05, 0.1) is 15.5 Å². The lowest BCUT2D eigenvalue weighted by Crippen LogP contribution is -2.53. The predicted molar refractivity (Wildman–Crippen MR) is 153 cm³/mol. The highest BCUT2D eigenvalue weighted by atomic mass is 32.2. The topological polar surface area (TPSA) is 130 Å². The number of anilines is 1. The molecule has 0 heterocycles. The van der Waals surface area contributed by atoms with Crippen molar-refractivity contribution >= 4 is 33.2 Å². The van der Waals surface area contributed by atoms with Gasteiger partial charge >= 0.3 is 0 Å². The van der Waals surface area contributed by atoms with Crippen LogP contribution < -0.4 is 9.62 Å². The van der Waals surface area contributed by atoms with E-state index in [1.165, 1.54) is 35.2 Å². The van der Waals surface area contributed by atoms with Gasteiger partial charge in [0.1, 0.15) is 12.6 Å². The molecule has 2 amide bonds. The second-order valence-electron chi connectivity index (χ2n) is 9.64. The summed E-state index contributed by atoms with van der Waals surface area (Å²) in [6, 6.07) is 19.0. The van der Waals surface area contributed by atoms with Crippen molar-refractivity contribution in [3.8, 4) is 0 Å². The zero-order chi connectivity index (χ0) is 29.4. The average molecular weight is 567 g/mol. The molecular formula is C29H34N4O6S. The Balaban J connectivity index is 2.11. The van der Waals surface area contributed by atoms with Gasteiger partial charge in [0, 0.05) is 24.7 Å². The highest BCUT2D eigenvalue weighted by Gasteiger charge is 2.34. The van der Waals surface area contributed by atoms with E-state index in [0.717, 1.165) is 21.5 Å². The molecule has 0 aliphatic rings. The summed E-state index contributed by atoms with van der Waals surface area (Å²) in [6.07, 6.45) is 0.290. The zero-order valence-electron chi connectivity index (χ0n) is 23.0. The van der Waals surface area contributed by atoms with Gasteiger partial charge in [0.25, 0.3) is 15.7 Å². The molecule has 3 rings (SSSR count). The van der Waals surface area contributed by atoms with E-state index in [-0.39, 0.29) is 34.8 Å². The molecule has 40 heavy (non-hydrogen) atoms. The lowest BCUT2D eigenvalue weighted by molar-refractivity contribution is -0.384. The Labute approximate surface area is 234 Å². The second kappa shape index (κ2) is 13.2. The number of rotatable bonds is 12. The first-order chi connectivity index (χ1) is 18.9. The Kier molecular flexibility index (Phi) is 10.0. The van der Waals surface area contributed by atoms with Crippen LogP contribution in [0.2, 0.25) is 0 Å². The standard InChI is InChI=1S/C29H34N4O6S/c1-5-27(29(35)30-21(2)3)31(19-23-13-10-9-12-22(23)4)28(34)20-32(24-14-11-15-25(18-24)33(36)37)40(38,39)26-16-7-6-8-17-26/h6-18,21,27H,5,19-20H2,1-4H3,(H,30,35)/t27-/m0/s1. The first-order valence-electron chi connectivity index (χ1n) is 12.9. The monoisotopic (exact) mass is 566 g/mol. The third-order valence-corrected chi connectivity index (χ3v) is 8.15. The Morgan fingerprint density at radius 3 is 2.23 bits per heavy atom. The normalized spacial score (nSPS) is 12.0. The van der Waals surface area contributed by atoms with E-state index in [4.69, 9.17) is 0 Å². The van der Waals surface area contributed by atoms with Crippen molar-refractivity contribution < 1.29 is 22.9 Å². The van der Waals surface area contributed by atoms with Gasteiger partial charge in [-0.15, -0.1) is 0 Å². The molecule has 11 heteroatoms. The first kappa shape index (κ1) is 30.3. The van der Waals surface area contributed by atoms with Gasteiger partial charge < -0.3 is 10.2 Å². The fraction of sp³-hybridized carbons (Fsp3) is 0.310. The van der Waals surface area contributed by atoms with Crippen molar-refractivity contribution in [1.29, 1.82) is 0 Å². The van der Waals surface area contributed by atoms with E-state index in [1.807, 2.05) is 45.0 Å². The van der Waals surface area contributed by atoms with E-state index in [9.17, 15) is 28.1 Å². The van der Waals surface area contributed by atoms with Gasteiger partial charge in [0.15, 0.2) is 0 Å². The minimum Gasteiger partial charge on any atom is -0.352 e. The molecule has 1 atom stereocenters. The highest BCUT2D eigenvalue weighted by Crippen LogP contribution is 2.28. The van der Waals surface area contributed by atoms with Crippen LogP contribution >= 0.6 is 0 Å². The van der Waals surface area contributed by atoms with Crippen molar-refractivity contribution in [2.75, 3.05) is 10.8 Å². The minimum atomic E-state index is -4.32. The molecule has 212 valence electrons. The molecule has 0 saturated carbocycles. The molecule has 3 aromatic carbocycles. The number of nitrogens with zero attached hydrogens (tertiary/aromatic N) is 3. The van der Waals surface area contributed by atoms with Crippen molar-refractivity contribution in [3.05, 3.63) is 100 Å². The maximum atomic E-state index is 14.0. The SMILES string of the molecule is CC[C@@H](C(=O)NC(C)C)N(Cc1ccccc1C)C(=O)CN(c1cccc([N+](=O)[O-])c1)S(=O)(=O)c1ccccc1. The Morgan fingerprint density at radius 1 is 0.975 bits per heavy atom. The summed E-state index contributed by atoms with van der Waals surface area (Å²) in [6.45, 7) is 6.70. The Morgan fingerprint density at radius 2 is 1.62 bits per heavy atom. The molecule has 0 unspecified atom stereocenters. The molecule has 3 aromatic rings. The number of nitro groups is 1. The number of nitrogens with one attached hydrogen (secondary N) is 1. The van der Waals surface area contributed by atoms with E-state index in [0.29, 0.717) is 6.42 Å². The lowest BCUT2D eigenvalue weighted by atomic mass is 10.1. The van der Waals surface area contributed by atoms with E-state index >= 15 is 0 Å². The van der Waals surface area contributed by atoms with Crippen LogP contribution in [-0.2, 0) is 26.2 Å². The molecule has 1 N–H and O–H groups in total. The quantitative estimate of drug-likeness (QED) is 0.255. The van der Waals surface area contributed by atoms with Crippen LogP contribution in [0.25, 0.3) is 0 Å². The molecule has 0 fully saturated rings. The highest BCUT2D eigenvalue weighted by molar-refractivity contribution is 7.92. The van der Waals surface area contributed by atoms with E-state index in [1.54, 1.807) is 25.1 Å². The number of sulfonamides is 1. The zero-order valence-corrected chi connectivity index (χ0v) is 23.8. The van der Waals surface area contributed by atoms with Crippen LogP contribution in [0, 0.1) is 17.0 Å². The molecule has 10 nitrogen and oxygen atoms in total. The van der Waals surface area contributed by atoms with Gasteiger partial charge in [-0.1, -0.05) is 55.5 Å². The number of hydrogen-bond acceptors (Lipinski definition) is 6. The summed E-state index contributed by atoms with van der Waals surface area (Å²) in [4.78, 5) is 39.4. The van der Waals surface area contributed by atoms with Gasteiger partial charge in [0.2, 0.25) is 11.8 Å². The predicted octanol–water partition coefficient (Wildman–Crippen LogP) is 4.43. The molecule has 0 aromatic heterocycles. The number of amides is 2. The third kappa shape index (κ3) is 7.23. The van der Waals surface area contributed by atoms with E-state index in [2.05, 4.69) is 5.32 Å². The molecule has 0 aliphatic heterocycles. The number of carbonyl (C=O) groups excluding carboxylic acids is 2. The molecular weight excluding hydrogens is 532 g/mol.